The van der Waals surface area contributed by atoms with Crippen molar-refractivity contribution < 1.29 is 29.2 Å². The first kappa shape index (κ1) is 15.3. The van der Waals surface area contributed by atoms with Gasteiger partial charge < -0.3 is 19.8 Å². The topological polar surface area (TPSA) is 107 Å². The molecule has 0 aromatic rings. The zero-order chi connectivity index (χ0) is 14.3. The first-order valence-corrected chi connectivity index (χ1v) is 6.13. The number of rotatable bonds is 5. The van der Waals surface area contributed by atoms with Gasteiger partial charge in [0, 0.05) is 6.92 Å². The minimum Gasteiger partial charge on any atom is -0.569 e. The molecule has 110 valence electrons. The molecule has 0 bridgehead atoms. The Hall–Kier alpha value is -1.77. The number of piperidine rings is 1. The Labute approximate surface area is 110 Å². The third-order valence-corrected chi connectivity index (χ3v) is 2.47. The van der Waals surface area contributed by atoms with E-state index in [2.05, 4.69) is 14.8 Å². The third kappa shape index (κ3) is 5.60. The van der Waals surface area contributed by atoms with Crippen LogP contribution in [-0.2, 0) is 14.3 Å². The number of hydrogen-bond donors (Lipinski definition) is 1. The molecule has 1 heterocycles. The van der Waals surface area contributed by atoms with Gasteiger partial charge >= 0.3 is 6.16 Å². The molecule has 0 amide bonds. The van der Waals surface area contributed by atoms with Crippen molar-refractivity contribution in [3.8, 4) is 0 Å². The Balaban J connectivity index is 2.32. The van der Waals surface area contributed by atoms with Gasteiger partial charge in [-0.2, -0.15) is 0 Å². The molecule has 1 rings (SSSR count). The number of carbonyl (C=O) groups is 1. The van der Waals surface area contributed by atoms with Crippen molar-refractivity contribution in [3.05, 3.63) is 5.21 Å². The molecule has 0 aliphatic carbocycles. The van der Waals surface area contributed by atoms with Crippen LogP contribution in [0.4, 0.5) is 4.79 Å². The van der Waals surface area contributed by atoms with E-state index < -0.39 is 12.4 Å². The zero-order valence-electron chi connectivity index (χ0n) is 11.0. The standard InChI is InChI=1S/C10H19N3O6/c1-3-17-10(15)18-8(2)19-11-13(16)12-6-4-9(14)5-7-12/h8-9,14H,3-7H2,1-2H3. The van der Waals surface area contributed by atoms with Gasteiger partial charge in [-0.1, -0.05) is 0 Å². The van der Waals surface area contributed by atoms with E-state index in [1.807, 2.05) is 0 Å². The lowest BCUT2D eigenvalue weighted by Crippen LogP contribution is -2.40. The van der Waals surface area contributed by atoms with E-state index in [0.717, 1.165) is 0 Å². The Bertz CT molecular complexity index is 316. The summed E-state index contributed by atoms with van der Waals surface area (Å²) in [4.78, 5) is 15.9. The first-order valence-electron chi connectivity index (χ1n) is 6.13. The largest absolute Gasteiger partial charge is 0.569 e. The van der Waals surface area contributed by atoms with Gasteiger partial charge in [0.25, 0.3) is 6.29 Å². The zero-order valence-corrected chi connectivity index (χ0v) is 11.0. The lowest BCUT2D eigenvalue weighted by molar-refractivity contribution is -0.715. The molecular formula is C10H19N3O6. The van der Waals surface area contributed by atoms with Crippen LogP contribution >= 0.6 is 0 Å². The van der Waals surface area contributed by atoms with Crippen LogP contribution in [0.1, 0.15) is 26.7 Å². The first-order chi connectivity index (χ1) is 9.02. The van der Waals surface area contributed by atoms with Gasteiger partial charge in [0.05, 0.1) is 30.8 Å². The summed E-state index contributed by atoms with van der Waals surface area (Å²) in [6.07, 6.45) is -1.28. The second-order valence-electron chi connectivity index (χ2n) is 3.99. The van der Waals surface area contributed by atoms with Gasteiger partial charge in [-0.25, -0.2) is 4.79 Å². The molecule has 19 heavy (non-hydrogen) atoms. The molecule has 1 unspecified atom stereocenters. The number of aliphatic hydroxyl groups excluding tert-OH is 1. The van der Waals surface area contributed by atoms with Gasteiger partial charge in [0.2, 0.25) is 5.28 Å². The second-order valence-corrected chi connectivity index (χ2v) is 3.99. The molecule has 0 radical (unpaired) electrons. The monoisotopic (exact) mass is 277 g/mol. The highest BCUT2D eigenvalue weighted by atomic mass is 16.8. The summed E-state index contributed by atoms with van der Waals surface area (Å²) in [7, 11) is 0. The van der Waals surface area contributed by atoms with Crippen LogP contribution in [-0.4, -0.2) is 53.3 Å². The molecule has 1 N–H and O–H groups in total. The fourth-order valence-corrected chi connectivity index (χ4v) is 1.49. The van der Waals surface area contributed by atoms with Crippen LogP contribution in [0.3, 0.4) is 0 Å². The molecule has 9 nitrogen and oxygen atoms in total. The number of aliphatic hydroxyl groups is 1. The van der Waals surface area contributed by atoms with Crippen molar-refractivity contribution in [3.63, 3.8) is 0 Å². The minimum atomic E-state index is -1.02. The van der Waals surface area contributed by atoms with Gasteiger partial charge in [0.1, 0.15) is 0 Å². The summed E-state index contributed by atoms with van der Waals surface area (Å²) >= 11 is 0. The van der Waals surface area contributed by atoms with E-state index in [9.17, 15) is 15.1 Å². The number of hydrogen-bond acceptors (Lipinski definition) is 7. The highest BCUT2D eigenvalue weighted by Gasteiger charge is 2.23. The van der Waals surface area contributed by atoms with E-state index in [1.165, 1.54) is 11.9 Å². The Morgan fingerprint density at radius 3 is 2.79 bits per heavy atom. The van der Waals surface area contributed by atoms with Crippen molar-refractivity contribution in [2.24, 2.45) is 5.28 Å². The fourth-order valence-electron chi connectivity index (χ4n) is 1.49. The van der Waals surface area contributed by atoms with Crippen LogP contribution in [0.5, 0.6) is 0 Å². The third-order valence-electron chi connectivity index (χ3n) is 2.47. The SMILES string of the molecule is CCOC(=O)OC(C)ON=[N+]([O-])N1CCC(O)CC1. The average molecular weight is 277 g/mol. The lowest BCUT2D eigenvalue weighted by Gasteiger charge is -2.25. The number of ether oxygens (including phenoxy) is 2. The average Bonchev–Trinajstić information content (AvgIpc) is 2.37. The fraction of sp³-hybridized carbons (Fsp3) is 0.900. The van der Waals surface area contributed by atoms with Crippen LogP contribution < -0.4 is 0 Å². The van der Waals surface area contributed by atoms with Gasteiger partial charge in [-0.15, -0.1) is 5.01 Å². The van der Waals surface area contributed by atoms with Crippen LogP contribution in [0.25, 0.3) is 0 Å². The minimum absolute atomic E-state index is 0.187. The molecular weight excluding hydrogens is 258 g/mol. The second kappa shape index (κ2) is 7.62. The predicted molar refractivity (Wildman–Crippen MR) is 61.5 cm³/mol. The molecule has 0 spiro atoms. The molecule has 1 fully saturated rings. The van der Waals surface area contributed by atoms with E-state index in [4.69, 9.17) is 4.84 Å². The van der Waals surface area contributed by atoms with Crippen molar-refractivity contribution in [1.29, 1.82) is 0 Å². The summed E-state index contributed by atoms with van der Waals surface area (Å²) in [6.45, 7) is 4.03. The van der Waals surface area contributed by atoms with Crippen molar-refractivity contribution in [2.75, 3.05) is 19.7 Å². The maximum absolute atomic E-state index is 11.5. The maximum Gasteiger partial charge on any atom is 0.511 e. The van der Waals surface area contributed by atoms with Crippen LogP contribution in [0.15, 0.2) is 5.28 Å². The van der Waals surface area contributed by atoms with Crippen LogP contribution in [0.2, 0.25) is 0 Å². The molecule has 1 aliphatic heterocycles. The highest BCUT2D eigenvalue weighted by Crippen LogP contribution is 2.10. The molecule has 1 aliphatic rings. The number of nitrogens with zero attached hydrogens (tertiary/aromatic N) is 3. The van der Waals surface area contributed by atoms with E-state index in [1.54, 1.807) is 6.92 Å². The number of carbonyl (C=O) groups excluding carboxylic acids is 1. The summed E-state index contributed by atoms with van der Waals surface area (Å²) in [6, 6.07) is 0. The van der Waals surface area contributed by atoms with Gasteiger partial charge in [-0.3, -0.25) is 4.84 Å². The Morgan fingerprint density at radius 2 is 2.21 bits per heavy atom. The predicted octanol–water partition coefficient (Wildman–Crippen LogP) is 0.771. The molecule has 1 atom stereocenters. The Kier molecular flexibility index (Phi) is 6.13. The maximum atomic E-state index is 11.5. The summed E-state index contributed by atoms with van der Waals surface area (Å²) in [5, 5.41) is 25.5. The van der Waals surface area contributed by atoms with Gasteiger partial charge in [0.15, 0.2) is 0 Å². The summed E-state index contributed by atoms with van der Waals surface area (Å²) < 4.78 is 9.18. The normalized spacial score (nSPS) is 18.9. The quantitative estimate of drug-likeness (QED) is 0.260. The molecule has 0 aromatic heterocycles. The lowest BCUT2D eigenvalue weighted by atomic mass is 10.1. The van der Waals surface area contributed by atoms with Crippen molar-refractivity contribution in [1.82, 2.24) is 5.01 Å². The Morgan fingerprint density at radius 1 is 1.58 bits per heavy atom. The summed E-state index contributed by atoms with van der Waals surface area (Å²) in [5.74, 6) is 0. The molecule has 0 saturated carbocycles. The highest BCUT2D eigenvalue weighted by molar-refractivity contribution is 5.59. The van der Waals surface area contributed by atoms with Gasteiger partial charge in [-0.05, 0) is 19.8 Å². The van der Waals surface area contributed by atoms with Crippen molar-refractivity contribution in [2.45, 2.75) is 39.1 Å². The molecule has 9 heteroatoms. The van der Waals surface area contributed by atoms with Crippen LogP contribution in [0, 0.1) is 5.21 Å². The number of hydrazine groups is 1. The molecule has 0 aromatic carbocycles. The van der Waals surface area contributed by atoms with E-state index in [-0.39, 0.29) is 17.7 Å². The van der Waals surface area contributed by atoms with E-state index >= 15 is 0 Å². The summed E-state index contributed by atoms with van der Waals surface area (Å²) in [5.41, 5.74) is 0. The smallest absolute Gasteiger partial charge is 0.511 e. The van der Waals surface area contributed by atoms with E-state index in [0.29, 0.717) is 25.9 Å². The molecule has 1 saturated heterocycles. The van der Waals surface area contributed by atoms with Crippen molar-refractivity contribution >= 4 is 6.16 Å².